The first-order valence-electron chi connectivity index (χ1n) is 12.0. The van der Waals surface area contributed by atoms with Crippen LogP contribution in [0.25, 0.3) is 0 Å². The highest BCUT2D eigenvalue weighted by atomic mass is 32.2. The molecule has 2 heterocycles. The minimum atomic E-state index is -3.55. The number of hydrogen-bond acceptors (Lipinski definition) is 7. The molecule has 8 nitrogen and oxygen atoms in total. The number of benzene rings is 2. The largest absolute Gasteiger partial charge is 0.457 e. The van der Waals surface area contributed by atoms with Crippen molar-refractivity contribution >= 4 is 27.5 Å². The topological polar surface area (TPSA) is 93.2 Å². The second-order valence-corrected chi connectivity index (χ2v) is 11.5. The van der Waals surface area contributed by atoms with Crippen LogP contribution in [0.4, 0.5) is 5.69 Å². The van der Waals surface area contributed by atoms with E-state index in [1.54, 1.807) is 30.3 Å². The van der Waals surface area contributed by atoms with Gasteiger partial charge in [-0.15, -0.1) is 0 Å². The van der Waals surface area contributed by atoms with Gasteiger partial charge in [-0.25, -0.2) is 8.42 Å². The van der Waals surface area contributed by atoms with Crippen molar-refractivity contribution < 1.29 is 27.5 Å². The minimum Gasteiger partial charge on any atom is -0.457 e. The van der Waals surface area contributed by atoms with Gasteiger partial charge < -0.3 is 14.4 Å². The van der Waals surface area contributed by atoms with Crippen LogP contribution in [-0.4, -0.2) is 64.4 Å². The van der Waals surface area contributed by atoms with E-state index < -0.39 is 16.0 Å². The molecule has 0 saturated carbocycles. The Morgan fingerprint density at radius 2 is 1.72 bits per heavy atom. The average Bonchev–Trinajstić information content (AvgIpc) is 3.07. The molecule has 0 atom stereocenters. The van der Waals surface area contributed by atoms with Gasteiger partial charge in [-0.05, 0) is 35.7 Å². The molecule has 0 spiro atoms. The summed E-state index contributed by atoms with van der Waals surface area (Å²) in [5.74, 6) is -0.752. The van der Waals surface area contributed by atoms with Crippen molar-refractivity contribution in [1.82, 2.24) is 4.31 Å². The number of fused-ring (bicyclic) bond motifs is 1. The first-order chi connectivity index (χ1) is 17.1. The van der Waals surface area contributed by atoms with Crippen LogP contribution in [0, 0.1) is 0 Å². The van der Waals surface area contributed by atoms with E-state index in [1.807, 2.05) is 30.1 Å². The Kier molecular flexibility index (Phi) is 7.63. The number of allylic oxidation sites excluding steroid dienone is 1. The van der Waals surface area contributed by atoms with Gasteiger partial charge in [-0.3, -0.25) is 9.59 Å². The molecule has 0 aliphatic carbocycles. The predicted octanol–water partition coefficient (Wildman–Crippen LogP) is 3.06. The Balaban J connectivity index is 1.28. The molecule has 0 aromatic heterocycles. The van der Waals surface area contributed by atoms with Crippen molar-refractivity contribution in [1.29, 1.82) is 0 Å². The standard InChI is InChI=1S/C27H32N2O6S/c1-27(2)23-6-4-5-7-24(23)28(3)25(27)18-21(30)19-35-26(31)13-10-20-8-11-22(12-9-20)36(32,33)29-14-16-34-17-15-29/h4-9,11-12,18H,10,13-17,19H2,1-3H3/b25-18-. The fourth-order valence-electron chi connectivity index (χ4n) is 4.69. The SMILES string of the molecule is CN1/C(=C\C(=O)COC(=O)CCc2ccc(S(=O)(=O)N3CCOCC3)cc2)C(C)(C)c2ccccc21. The van der Waals surface area contributed by atoms with Crippen molar-refractivity contribution in [2.24, 2.45) is 0 Å². The zero-order valence-corrected chi connectivity index (χ0v) is 21.7. The summed E-state index contributed by atoms with van der Waals surface area (Å²) in [5.41, 5.74) is 3.55. The van der Waals surface area contributed by atoms with Crippen molar-refractivity contribution in [2.75, 3.05) is 44.9 Å². The molecular formula is C27H32N2O6S. The van der Waals surface area contributed by atoms with Gasteiger partial charge in [0.1, 0.15) is 0 Å². The normalized spacial score (nSPS) is 18.8. The Morgan fingerprint density at radius 1 is 1.06 bits per heavy atom. The average molecular weight is 513 g/mol. The lowest BCUT2D eigenvalue weighted by Gasteiger charge is -2.26. The summed E-state index contributed by atoms with van der Waals surface area (Å²) < 4.78 is 37.3. The van der Waals surface area contributed by atoms with Crippen molar-refractivity contribution in [3.05, 3.63) is 71.4 Å². The van der Waals surface area contributed by atoms with Crippen LogP contribution < -0.4 is 4.90 Å². The Hall–Kier alpha value is -3.01. The number of nitrogens with zero attached hydrogens (tertiary/aromatic N) is 2. The Bertz CT molecular complexity index is 1260. The number of rotatable bonds is 8. The smallest absolute Gasteiger partial charge is 0.306 e. The quantitative estimate of drug-likeness (QED) is 0.396. The van der Waals surface area contributed by atoms with Gasteiger partial charge >= 0.3 is 5.97 Å². The fourth-order valence-corrected chi connectivity index (χ4v) is 6.10. The third kappa shape index (κ3) is 5.38. The van der Waals surface area contributed by atoms with E-state index in [4.69, 9.17) is 9.47 Å². The zero-order chi connectivity index (χ0) is 25.9. The number of carbonyl (C=O) groups is 2. The number of ether oxygens (including phenoxy) is 2. The van der Waals surface area contributed by atoms with Crippen LogP contribution in [-0.2, 0) is 40.9 Å². The van der Waals surface area contributed by atoms with E-state index in [2.05, 4.69) is 19.9 Å². The van der Waals surface area contributed by atoms with E-state index >= 15 is 0 Å². The molecule has 36 heavy (non-hydrogen) atoms. The number of para-hydroxylation sites is 1. The van der Waals surface area contributed by atoms with Crippen LogP contribution in [0.5, 0.6) is 0 Å². The van der Waals surface area contributed by atoms with Crippen LogP contribution in [0.15, 0.2) is 65.2 Å². The van der Waals surface area contributed by atoms with E-state index in [0.29, 0.717) is 32.7 Å². The lowest BCUT2D eigenvalue weighted by Crippen LogP contribution is -2.40. The number of likely N-dealkylation sites (N-methyl/N-ethyl adjacent to an activating group) is 1. The van der Waals surface area contributed by atoms with Gasteiger partial charge in [0.15, 0.2) is 12.4 Å². The third-order valence-corrected chi connectivity index (χ3v) is 8.68. The summed E-state index contributed by atoms with van der Waals surface area (Å²) >= 11 is 0. The van der Waals surface area contributed by atoms with E-state index in [9.17, 15) is 18.0 Å². The molecule has 192 valence electrons. The number of esters is 1. The lowest BCUT2D eigenvalue weighted by molar-refractivity contribution is -0.146. The molecule has 1 saturated heterocycles. The summed E-state index contributed by atoms with van der Waals surface area (Å²) in [7, 11) is -1.63. The van der Waals surface area contributed by atoms with Gasteiger partial charge in [0, 0.05) is 49.4 Å². The van der Waals surface area contributed by atoms with Crippen LogP contribution in [0.1, 0.15) is 31.4 Å². The molecule has 9 heteroatoms. The van der Waals surface area contributed by atoms with Gasteiger partial charge in [0.25, 0.3) is 0 Å². The molecule has 0 amide bonds. The second-order valence-electron chi connectivity index (χ2n) is 9.52. The molecule has 2 aliphatic rings. The molecule has 2 aromatic carbocycles. The fraction of sp³-hybridized carbons (Fsp3) is 0.407. The second kappa shape index (κ2) is 10.5. The van der Waals surface area contributed by atoms with Crippen molar-refractivity contribution in [3.63, 3.8) is 0 Å². The van der Waals surface area contributed by atoms with Crippen LogP contribution in [0.2, 0.25) is 0 Å². The molecule has 0 bridgehead atoms. The molecular weight excluding hydrogens is 480 g/mol. The maximum absolute atomic E-state index is 12.7. The van der Waals surface area contributed by atoms with E-state index in [0.717, 1.165) is 22.5 Å². The third-order valence-electron chi connectivity index (χ3n) is 6.76. The van der Waals surface area contributed by atoms with E-state index in [-0.39, 0.29) is 29.1 Å². The highest BCUT2D eigenvalue weighted by molar-refractivity contribution is 7.89. The number of aryl methyl sites for hydroxylation is 1. The maximum atomic E-state index is 12.7. The number of morpholine rings is 1. The zero-order valence-electron chi connectivity index (χ0n) is 20.9. The first kappa shape index (κ1) is 26.1. The highest BCUT2D eigenvalue weighted by Gasteiger charge is 2.38. The Labute approximate surface area is 212 Å². The highest BCUT2D eigenvalue weighted by Crippen LogP contribution is 2.46. The number of sulfonamides is 1. The number of anilines is 1. The molecule has 4 rings (SSSR count). The van der Waals surface area contributed by atoms with E-state index in [1.165, 1.54) is 4.31 Å². The summed E-state index contributed by atoms with van der Waals surface area (Å²) in [4.78, 5) is 27.0. The van der Waals surface area contributed by atoms with Crippen LogP contribution >= 0.6 is 0 Å². The lowest BCUT2D eigenvalue weighted by atomic mass is 9.83. The van der Waals surface area contributed by atoms with Crippen molar-refractivity contribution in [2.45, 2.75) is 37.0 Å². The predicted molar refractivity (Wildman–Crippen MR) is 136 cm³/mol. The monoisotopic (exact) mass is 512 g/mol. The van der Waals surface area contributed by atoms with Crippen LogP contribution in [0.3, 0.4) is 0 Å². The molecule has 0 N–H and O–H groups in total. The summed E-state index contributed by atoms with van der Waals surface area (Å²) in [5, 5.41) is 0. The number of ketones is 1. The van der Waals surface area contributed by atoms with Gasteiger partial charge in [0.2, 0.25) is 10.0 Å². The number of hydrogen-bond donors (Lipinski definition) is 0. The minimum absolute atomic E-state index is 0.0935. The van der Waals surface area contributed by atoms with Crippen molar-refractivity contribution in [3.8, 4) is 0 Å². The summed E-state index contributed by atoms with van der Waals surface area (Å²) in [6.45, 7) is 5.27. The number of carbonyl (C=O) groups excluding carboxylic acids is 2. The molecule has 0 unspecified atom stereocenters. The molecule has 2 aliphatic heterocycles. The molecule has 1 fully saturated rings. The Morgan fingerprint density at radius 3 is 2.39 bits per heavy atom. The summed E-state index contributed by atoms with van der Waals surface area (Å²) in [6, 6.07) is 14.5. The summed E-state index contributed by atoms with van der Waals surface area (Å²) in [6.07, 6.45) is 2.04. The maximum Gasteiger partial charge on any atom is 0.306 e. The molecule has 2 aromatic rings. The van der Waals surface area contributed by atoms with Gasteiger partial charge in [0.05, 0.1) is 18.1 Å². The molecule has 0 radical (unpaired) electrons. The van der Waals surface area contributed by atoms with Gasteiger partial charge in [-0.1, -0.05) is 44.2 Å². The first-order valence-corrected chi connectivity index (χ1v) is 13.5. The van der Waals surface area contributed by atoms with Gasteiger partial charge in [-0.2, -0.15) is 4.31 Å².